The van der Waals surface area contributed by atoms with E-state index in [-0.39, 0.29) is 12.5 Å². The molecule has 1 amide bonds. The molecular weight excluding hydrogens is 218 g/mol. The van der Waals surface area contributed by atoms with Gasteiger partial charge in [-0.05, 0) is 29.8 Å². The molecule has 6 heteroatoms. The van der Waals surface area contributed by atoms with Crippen LogP contribution in [0.4, 0.5) is 0 Å². The van der Waals surface area contributed by atoms with Crippen LogP contribution in [0.3, 0.4) is 0 Å². The number of aromatic amines is 1. The van der Waals surface area contributed by atoms with Gasteiger partial charge in [-0.1, -0.05) is 5.11 Å². The molecule has 1 aromatic carbocycles. The smallest absolute Gasteiger partial charge is 0.251 e. The van der Waals surface area contributed by atoms with Crippen LogP contribution in [0, 0.1) is 0 Å². The lowest BCUT2D eigenvalue weighted by Gasteiger charge is -2.03. The molecule has 0 atom stereocenters. The van der Waals surface area contributed by atoms with Crippen molar-refractivity contribution in [3.05, 3.63) is 46.5 Å². The van der Waals surface area contributed by atoms with Crippen LogP contribution < -0.4 is 5.32 Å². The van der Waals surface area contributed by atoms with Crippen LogP contribution in [0.1, 0.15) is 10.4 Å². The first-order valence-corrected chi connectivity index (χ1v) is 5.17. The summed E-state index contributed by atoms with van der Waals surface area (Å²) in [6.45, 7) is 0.600. The minimum absolute atomic E-state index is 0.166. The molecule has 0 aliphatic carbocycles. The van der Waals surface area contributed by atoms with Crippen molar-refractivity contribution >= 4 is 16.8 Å². The van der Waals surface area contributed by atoms with Crippen LogP contribution >= 0.6 is 0 Å². The number of hydrogen-bond donors (Lipinski definition) is 2. The Balaban J connectivity index is 2.05. The molecule has 0 saturated carbocycles. The maximum atomic E-state index is 11.7. The molecule has 17 heavy (non-hydrogen) atoms. The molecular formula is C11H11N5O. The second-order valence-corrected chi connectivity index (χ2v) is 3.49. The van der Waals surface area contributed by atoms with Crippen molar-refractivity contribution in [1.29, 1.82) is 0 Å². The zero-order valence-electron chi connectivity index (χ0n) is 9.05. The Morgan fingerprint density at radius 2 is 2.35 bits per heavy atom. The lowest BCUT2D eigenvalue weighted by atomic mass is 10.1. The van der Waals surface area contributed by atoms with Gasteiger partial charge in [0.1, 0.15) is 0 Å². The molecule has 86 valence electrons. The van der Waals surface area contributed by atoms with Crippen molar-refractivity contribution < 1.29 is 4.79 Å². The topological polar surface area (TPSA) is 93.7 Å². The minimum atomic E-state index is -0.166. The summed E-state index contributed by atoms with van der Waals surface area (Å²) >= 11 is 0. The normalized spacial score (nSPS) is 9.88. The Morgan fingerprint density at radius 1 is 1.47 bits per heavy atom. The van der Waals surface area contributed by atoms with Crippen molar-refractivity contribution in [3.8, 4) is 0 Å². The van der Waals surface area contributed by atoms with Crippen molar-refractivity contribution in [2.24, 2.45) is 5.11 Å². The predicted octanol–water partition coefficient (Wildman–Crippen LogP) is 2.21. The Hall–Kier alpha value is -2.46. The Morgan fingerprint density at radius 3 is 3.18 bits per heavy atom. The van der Waals surface area contributed by atoms with Gasteiger partial charge in [-0.25, -0.2) is 0 Å². The number of fused-ring (bicyclic) bond motifs is 1. The van der Waals surface area contributed by atoms with Gasteiger partial charge in [0.2, 0.25) is 0 Å². The Kier molecular flexibility index (Phi) is 3.28. The van der Waals surface area contributed by atoms with Crippen LogP contribution in [0.2, 0.25) is 0 Å². The van der Waals surface area contributed by atoms with Gasteiger partial charge in [-0.2, -0.15) is 0 Å². The summed E-state index contributed by atoms with van der Waals surface area (Å²) in [5.74, 6) is -0.166. The van der Waals surface area contributed by atoms with E-state index in [0.717, 1.165) is 10.9 Å². The van der Waals surface area contributed by atoms with Crippen molar-refractivity contribution in [1.82, 2.24) is 10.3 Å². The molecule has 1 aromatic heterocycles. The first-order valence-electron chi connectivity index (χ1n) is 5.17. The number of carbonyl (C=O) groups excluding carboxylic acids is 1. The molecule has 0 unspecified atom stereocenters. The number of H-pyrrole nitrogens is 1. The molecule has 0 aliphatic heterocycles. The van der Waals surface area contributed by atoms with E-state index in [0.29, 0.717) is 12.1 Å². The molecule has 1 heterocycles. The molecule has 0 saturated heterocycles. The number of benzene rings is 1. The van der Waals surface area contributed by atoms with E-state index < -0.39 is 0 Å². The minimum Gasteiger partial charge on any atom is -0.361 e. The van der Waals surface area contributed by atoms with Crippen LogP contribution in [0.15, 0.2) is 35.6 Å². The quantitative estimate of drug-likeness (QED) is 0.357. The van der Waals surface area contributed by atoms with Crippen LogP contribution in [0.5, 0.6) is 0 Å². The summed E-state index contributed by atoms with van der Waals surface area (Å²) in [7, 11) is 0. The standard InChI is InChI=1S/C11H11N5O/c12-16-15-6-5-14-11(17)9-1-2-10-8(7-9)3-4-13-10/h1-4,7,13H,5-6H2,(H,14,17). The SMILES string of the molecule is [N-]=[N+]=NCCNC(=O)c1ccc2[nH]ccc2c1. The highest BCUT2D eigenvalue weighted by atomic mass is 16.1. The molecule has 0 bridgehead atoms. The summed E-state index contributed by atoms with van der Waals surface area (Å²) in [5.41, 5.74) is 9.68. The number of carbonyl (C=O) groups is 1. The third-order valence-electron chi connectivity index (χ3n) is 2.38. The summed E-state index contributed by atoms with van der Waals surface area (Å²) < 4.78 is 0. The van der Waals surface area contributed by atoms with Gasteiger partial charge in [-0.15, -0.1) is 0 Å². The molecule has 0 radical (unpaired) electrons. The average molecular weight is 229 g/mol. The van der Waals surface area contributed by atoms with Gasteiger partial charge >= 0.3 is 0 Å². The summed E-state index contributed by atoms with van der Waals surface area (Å²) in [6.07, 6.45) is 1.83. The lowest BCUT2D eigenvalue weighted by molar-refractivity contribution is 0.0955. The maximum Gasteiger partial charge on any atom is 0.251 e. The van der Waals surface area contributed by atoms with Gasteiger partial charge in [0.25, 0.3) is 5.91 Å². The Bertz CT molecular complexity index is 582. The monoisotopic (exact) mass is 229 g/mol. The van der Waals surface area contributed by atoms with E-state index in [1.165, 1.54) is 0 Å². The fraction of sp³-hybridized carbons (Fsp3) is 0.182. The Labute approximate surface area is 97.3 Å². The van der Waals surface area contributed by atoms with Crippen LogP contribution in [0.25, 0.3) is 21.3 Å². The van der Waals surface area contributed by atoms with Crippen molar-refractivity contribution in [2.75, 3.05) is 13.1 Å². The maximum absolute atomic E-state index is 11.7. The highest BCUT2D eigenvalue weighted by Gasteiger charge is 2.05. The fourth-order valence-electron chi connectivity index (χ4n) is 1.56. The highest BCUT2D eigenvalue weighted by Crippen LogP contribution is 2.13. The van der Waals surface area contributed by atoms with Gasteiger partial charge in [-0.3, -0.25) is 4.79 Å². The van der Waals surface area contributed by atoms with Crippen molar-refractivity contribution in [3.63, 3.8) is 0 Å². The van der Waals surface area contributed by atoms with Gasteiger partial charge in [0.05, 0.1) is 0 Å². The first-order chi connectivity index (χ1) is 8.31. The zero-order valence-corrected chi connectivity index (χ0v) is 9.05. The summed E-state index contributed by atoms with van der Waals surface area (Å²) in [5, 5.41) is 7.01. The molecule has 2 rings (SSSR count). The third-order valence-corrected chi connectivity index (χ3v) is 2.38. The van der Waals surface area contributed by atoms with Crippen LogP contribution in [-0.4, -0.2) is 24.0 Å². The third kappa shape index (κ3) is 2.56. The summed E-state index contributed by atoms with van der Waals surface area (Å²) in [6, 6.07) is 7.33. The second-order valence-electron chi connectivity index (χ2n) is 3.49. The van der Waals surface area contributed by atoms with E-state index in [9.17, 15) is 4.79 Å². The van der Waals surface area contributed by atoms with E-state index in [1.807, 2.05) is 24.4 Å². The number of aromatic nitrogens is 1. The van der Waals surface area contributed by atoms with E-state index >= 15 is 0 Å². The molecule has 0 aliphatic rings. The zero-order chi connectivity index (χ0) is 12.1. The highest BCUT2D eigenvalue weighted by molar-refractivity contribution is 5.98. The first kappa shape index (κ1) is 11.0. The number of amides is 1. The van der Waals surface area contributed by atoms with E-state index in [1.54, 1.807) is 6.07 Å². The number of hydrogen-bond acceptors (Lipinski definition) is 2. The van der Waals surface area contributed by atoms with Gasteiger partial charge < -0.3 is 10.3 Å². The molecule has 2 aromatic rings. The van der Waals surface area contributed by atoms with Gasteiger partial charge in [0, 0.05) is 40.7 Å². The molecule has 0 spiro atoms. The fourth-order valence-corrected chi connectivity index (χ4v) is 1.56. The number of azide groups is 1. The molecule has 0 fully saturated rings. The largest absolute Gasteiger partial charge is 0.361 e. The summed E-state index contributed by atoms with van der Waals surface area (Å²) in [4.78, 5) is 17.4. The predicted molar refractivity (Wildman–Crippen MR) is 64.6 cm³/mol. The van der Waals surface area contributed by atoms with Crippen molar-refractivity contribution in [2.45, 2.75) is 0 Å². The lowest BCUT2D eigenvalue weighted by Crippen LogP contribution is -2.25. The molecule has 6 nitrogen and oxygen atoms in total. The number of nitrogens with zero attached hydrogens (tertiary/aromatic N) is 3. The number of nitrogens with one attached hydrogen (secondary N) is 2. The average Bonchev–Trinajstić information content (AvgIpc) is 2.81. The van der Waals surface area contributed by atoms with Crippen LogP contribution in [-0.2, 0) is 0 Å². The van der Waals surface area contributed by atoms with E-state index in [2.05, 4.69) is 20.3 Å². The number of rotatable bonds is 4. The van der Waals surface area contributed by atoms with E-state index in [4.69, 9.17) is 5.53 Å². The van der Waals surface area contributed by atoms with Gasteiger partial charge in [0.15, 0.2) is 0 Å². The second kappa shape index (κ2) is 5.05. The molecule has 2 N–H and O–H groups in total.